The highest BCUT2D eigenvalue weighted by Crippen LogP contribution is 2.31. The molecule has 0 amide bonds. The smallest absolute Gasteiger partial charge is 0.0642 e. The number of ether oxygens (including phenoxy) is 1. The van der Waals surface area contributed by atoms with Crippen LogP contribution in [0.2, 0.25) is 0 Å². The van der Waals surface area contributed by atoms with Crippen molar-refractivity contribution in [3.63, 3.8) is 0 Å². The molecule has 3 nitrogen and oxygen atoms in total. The van der Waals surface area contributed by atoms with Gasteiger partial charge in [-0.15, -0.1) is 0 Å². The number of benzene rings is 1. The lowest BCUT2D eigenvalue weighted by Crippen LogP contribution is -2.37. The van der Waals surface area contributed by atoms with Crippen molar-refractivity contribution in [2.75, 3.05) is 37.7 Å². The number of nitrogens with zero attached hydrogens (tertiary/aromatic N) is 1. The Bertz CT molecular complexity index is 368. The zero-order valence-electron chi connectivity index (χ0n) is 10.2. The molecule has 17 heavy (non-hydrogen) atoms. The molecule has 1 N–H and O–H groups in total. The summed E-state index contributed by atoms with van der Waals surface area (Å²) in [5, 5.41) is 3.59. The molecule has 0 aromatic heterocycles. The Morgan fingerprint density at radius 2 is 2.00 bits per heavy atom. The van der Waals surface area contributed by atoms with E-state index < -0.39 is 0 Å². The van der Waals surface area contributed by atoms with E-state index in [4.69, 9.17) is 4.74 Å². The van der Waals surface area contributed by atoms with Crippen molar-refractivity contribution < 1.29 is 4.74 Å². The molecule has 0 saturated carbocycles. The number of anilines is 1. The average molecular weight is 232 g/mol. The average Bonchev–Trinajstić information content (AvgIpc) is 2.94. The Balaban J connectivity index is 1.86. The first kappa shape index (κ1) is 11.1. The third-order valence-corrected chi connectivity index (χ3v) is 3.72. The summed E-state index contributed by atoms with van der Waals surface area (Å²) in [7, 11) is 0. The molecule has 1 aromatic carbocycles. The highest BCUT2D eigenvalue weighted by atomic mass is 16.5. The van der Waals surface area contributed by atoms with Crippen LogP contribution in [-0.2, 0) is 4.74 Å². The Labute approximate surface area is 103 Å². The summed E-state index contributed by atoms with van der Waals surface area (Å²) >= 11 is 0. The summed E-state index contributed by atoms with van der Waals surface area (Å²) in [4.78, 5) is 2.46. The molecule has 0 radical (unpaired) electrons. The fourth-order valence-corrected chi connectivity index (χ4v) is 2.82. The largest absolute Gasteiger partial charge is 0.378 e. The summed E-state index contributed by atoms with van der Waals surface area (Å²) in [5.41, 5.74) is 2.86. The molecule has 92 valence electrons. The van der Waals surface area contributed by atoms with Crippen LogP contribution in [0.3, 0.4) is 0 Å². The van der Waals surface area contributed by atoms with Gasteiger partial charge in [-0.3, -0.25) is 0 Å². The summed E-state index contributed by atoms with van der Waals surface area (Å²) in [6, 6.07) is 9.37. The van der Waals surface area contributed by atoms with Crippen LogP contribution in [0, 0.1) is 0 Å². The van der Waals surface area contributed by atoms with Gasteiger partial charge >= 0.3 is 0 Å². The van der Waals surface area contributed by atoms with Gasteiger partial charge in [-0.25, -0.2) is 0 Å². The minimum atomic E-state index is 0.550. The van der Waals surface area contributed by atoms with Crippen molar-refractivity contribution in [2.45, 2.75) is 18.9 Å². The monoisotopic (exact) mass is 232 g/mol. The molecule has 1 atom stereocenters. The molecule has 0 spiro atoms. The quantitative estimate of drug-likeness (QED) is 0.843. The Hall–Kier alpha value is -1.06. The predicted molar refractivity (Wildman–Crippen MR) is 69.5 cm³/mol. The van der Waals surface area contributed by atoms with E-state index in [-0.39, 0.29) is 0 Å². The Kier molecular flexibility index (Phi) is 3.29. The fraction of sp³-hybridized carbons (Fsp3) is 0.571. The van der Waals surface area contributed by atoms with Crippen molar-refractivity contribution in [3.8, 4) is 0 Å². The minimum absolute atomic E-state index is 0.550. The van der Waals surface area contributed by atoms with Crippen LogP contribution in [-0.4, -0.2) is 32.8 Å². The van der Waals surface area contributed by atoms with Gasteiger partial charge in [-0.2, -0.15) is 0 Å². The molecule has 0 unspecified atom stereocenters. The molecule has 3 heteroatoms. The first-order valence-corrected chi connectivity index (χ1v) is 6.60. The molecular weight excluding hydrogens is 212 g/mol. The highest BCUT2D eigenvalue weighted by molar-refractivity contribution is 5.55. The Morgan fingerprint density at radius 1 is 1.18 bits per heavy atom. The molecule has 2 aliphatic heterocycles. The maximum absolute atomic E-state index is 5.43. The first-order valence-electron chi connectivity index (χ1n) is 6.60. The number of para-hydroxylation sites is 1. The van der Waals surface area contributed by atoms with Crippen molar-refractivity contribution in [1.82, 2.24) is 5.32 Å². The second-order valence-electron chi connectivity index (χ2n) is 4.81. The van der Waals surface area contributed by atoms with Crippen molar-refractivity contribution in [3.05, 3.63) is 29.8 Å². The van der Waals surface area contributed by atoms with Gasteiger partial charge in [0, 0.05) is 24.8 Å². The summed E-state index contributed by atoms with van der Waals surface area (Å²) in [6.45, 7) is 4.90. The van der Waals surface area contributed by atoms with E-state index in [0.717, 1.165) is 32.8 Å². The van der Waals surface area contributed by atoms with Gasteiger partial charge in [0.25, 0.3) is 0 Å². The highest BCUT2D eigenvalue weighted by Gasteiger charge is 2.22. The van der Waals surface area contributed by atoms with Gasteiger partial charge in [0.15, 0.2) is 0 Å². The molecule has 2 aliphatic rings. The molecular formula is C14H20N2O. The predicted octanol–water partition coefficient (Wildman–Crippen LogP) is 1.95. The standard InChI is InChI=1S/C14H20N2O/c1-2-6-14(16-8-10-17-11-9-16)12(4-1)13-5-3-7-15-13/h1-2,4,6,13,15H,3,5,7-11H2/t13-/m1/s1. The van der Waals surface area contributed by atoms with Gasteiger partial charge in [0.1, 0.15) is 0 Å². The topological polar surface area (TPSA) is 24.5 Å². The molecule has 0 aliphatic carbocycles. The second-order valence-corrected chi connectivity index (χ2v) is 4.81. The summed E-state index contributed by atoms with van der Waals surface area (Å²) in [6.07, 6.45) is 2.56. The second kappa shape index (κ2) is 5.07. The lowest BCUT2D eigenvalue weighted by atomic mass is 10.0. The van der Waals surface area contributed by atoms with E-state index in [9.17, 15) is 0 Å². The SMILES string of the molecule is c1ccc(N2CCOCC2)c([C@H]2CCCN2)c1. The number of hydrogen-bond donors (Lipinski definition) is 1. The third kappa shape index (κ3) is 2.31. The van der Waals surface area contributed by atoms with Crippen molar-refractivity contribution >= 4 is 5.69 Å². The lowest BCUT2D eigenvalue weighted by molar-refractivity contribution is 0.122. The summed E-state index contributed by atoms with van der Waals surface area (Å²) in [5.74, 6) is 0. The van der Waals surface area contributed by atoms with Crippen molar-refractivity contribution in [2.24, 2.45) is 0 Å². The summed E-state index contributed by atoms with van der Waals surface area (Å²) < 4.78 is 5.43. The molecule has 2 fully saturated rings. The number of nitrogens with one attached hydrogen (secondary N) is 1. The van der Waals surface area contributed by atoms with E-state index >= 15 is 0 Å². The first-order chi connectivity index (χ1) is 8.45. The van der Waals surface area contributed by atoms with Crippen LogP contribution >= 0.6 is 0 Å². The van der Waals surface area contributed by atoms with Crippen LogP contribution in [0.1, 0.15) is 24.4 Å². The van der Waals surface area contributed by atoms with Crippen LogP contribution in [0.15, 0.2) is 24.3 Å². The normalized spacial score (nSPS) is 25.2. The van der Waals surface area contributed by atoms with Crippen LogP contribution in [0.4, 0.5) is 5.69 Å². The lowest BCUT2D eigenvalue weighted by Gasteiger charge is -2.31. The molecule has 0 bridgehead atoms. The van der Waals surface area contributed by atoms with Gasteiger partial charge in [0.2, 0.25) is 0 Å². The van der Waals surface area contributed by atoms with E-state index in [0.29, 0.717) is 6.04 Å². The van der Waals surface area contributed by atoms with Gasteiger partial charge in [0.05, 0.1) is 13.2 Å². The van der Waals surface area contributed by atoms with Gasteiger partial charge in [-0.05, 0) is 31.0 Å². The molecule has 1 aromatic rings. The number of morpholine rings is 1. The van der Waals surface area contributed by atoms with E-state index in [1.807, 2.05) is 0 Å². The van der Waals surface area contributed by atoms with Crippen LogP contribution < -0.4 is 10.2 Å². The van der Waals surface area contributed by atoms with E-state index in [2.05, 4.69) is 34.5 Å². The zero-order valence-corrected chi connectivity index (χ0v) is 10.2. The number of hydrogen-bond acceptors (Lipinski definition) is 3. The van der Waals surface area contributed by atoms with Crippen LogP contribution in [0.5, 0.6) is 0 Å². The third-order valence-electron chi connectivity index (χ3n) is 3.72. The molecule has 2 saturated heterocycles. The van der Waals surface area contributed by atoms with Crippen molar-refractivity contribution in [1.29, 1.82) is 0 Å². The van der Waals surface area contributed by atoms with Crippen LogP contribution in [0.25, 0.3) is 0 Å². The Morgan fingerprint density at radius 3 is 2.76 bits per heavy atom. The molecule has 2 heterocycles. The minimum Gasteiger partial charge on any atom is -0.378 e. The number of rotatable bonds is 2. The van der Waals surface area contributed by atoms with E-state index in [1.165, 1.54) is 24.1 Å². The molecule has 3 rings (SSSR count). The van der Waals surface area contributed by atoms with Gasteiger partial charge < -0.3 is 15.0 Å². The fourth-order valence-electron chi connectivity index (χ4n) is 2.82. The maximum atomic E-state index is 5.43. The van der Waals surface area contributed by atoms with E-state index in [1.54, 1.807) is 0 Å². The zero-order chi connectivity index (χ0) is 11.5. The van der Waals surface area contributed by atoms with Gasteiger partial charge in [-0.1, -0.05) is 18.2 Å². The maximum Gasteiger partial charge on any atom is 0.0642 e.